The van der Waals surface area contributed by atoms with Gasteiger partial charge in [0.2, 0.25) is 5.91 Å². The van der Waals surface area contributed by atoms with Crippen molar-refractivity contribution in [2.75, 3.05) is 5.32 Å². The summed E-state index contributed by atoms with van der Waals surface area (Å²) < 4.78 is 5.71. The molecular formula is C17H19NO3. The molecule has 0 saturated carbocycles. The lowest BCUT2D eigenvalue weighted by molar-refractivity contribution is -0.116. The first-order chi connectivity index (χ1) is 10.1. The number of benzene rings is 2. The predicted molar refractivity (Wildman–Crippen MR) is 82.5 cm³/mol. The maximum atomic E-state index is 11.7. The average molecular weight is 285 g/mol. The van der Waals surface area contributed by atoms with Crippen LogP contribution in [0.5, 0.6) is 11.5 Å². The molecule has 110 valence electrons. The van der Waals surface area contributed by atoms with E-state index in [2.05, 4.69) is 5.32 Å². The lowest BCUT2D eigenvalue weighted by atomic mass is 10.2. The maximum absolute atomic E-state index is 11.7. The SMILES string of the molecule is CC(O)CCC(=O)Nc1cccc(Oc2ccccc2)c1. The van der Waals surface area contributed by atoms with Gasteiger partial charge in [0.1, 0.15) is 11.5 Å². The second-order valence-electron chi connectivity index (χ2n) is 4.88. The van der Waals surface area contributed by atoms with Crippen molar-refractivity contribution in [1.82, 2.24) is 0 Å². The Labute approximate surface area is 124 Å². The van der Waals surface area contributed by atoms with Gasteiger partial charge in [-0.25, -0.2) is 0 Å². The van der Waals surface area contributed by atoms with Gasteiger partial charge >= 0.3 is 0 Å². The van der Waals surface area contributed by atoms with Crippen LogP contribution in [0.15, 0.2) is 54.6 Å². The second kappa shape index (κ2) is 7.45. The number of hydrogen-bond acceptors (Lipinski definition) is 3. The quantitative estimate of drug-likeness (QED) is 0.853. The van der Waals surface area contributed by atoms with E-state index in [0.29, 0.717) is 24.3 Å². The molecule has 4 heteroatoms. The summed E-state index contributed by atoms with van der Waals surface area (Å²) in [4.78, 5) is 11.7. The number of hydrogen-bond donors (Lipinski definition) is 2. The van der Waals surface area contributed by atoms with Gasteiger partial charge in [-0.2, -0.15) is 0 Å². The zero-order valence-corrected chi connectivity index (χ0v) is 12.0. The summed E-state index contributed by atoms with van der Waals surface area (Å²) in [7, 11) is 0. The minimum Gasteiger partial charge on any atom is -0.457 e. The van der Waals surface area contributed by atoms with E-state index in [1.54, 1.807) is 19.1 Å². The van der Waals surface area contributed by atoms with Gasteiger partial charge in [-0.05, 0) is 37.6 Å². The molecule has 0 spiro atoms. The van der Waals surface area contributed by atoms with Crippen molar-refractivity contribution in [2.24, 2.45) is 0 Å². The van der Waals surface area contributed by atoms with E-state index < -0.39 is 6.10 Å². The summed E-state index contributed by atoms with van der Waals surface area (Å²) >= 11 is 0. The largest absolute Gasteiger partial charge is 0.457 e. The Morgan fingerprint density at radius 1 is 1.14 bits per heavy atom. The van der Waals surface area contributed by atoms with E-state index >= 15 is 0 Å². The number of aliphatic hydroxyl groups is 1. The Bertz CT molecular complexity index is 582. The molecule has 0 heterocycles. The highest BCUT2D eigenvalue weighted by atomic mass is 16.5. The first-order valence-corrected chi connectivity index (χ1v) is 6.94. The van der Waals surface area contributed by atoms with Crippen molar-refractivity contribution in [3.63, 3.8) is 0 Å². The van der Waals surface area contributed by atoms with E-state index in [4.69, 9.17) is 4.74 Å². The van der Waals surface area contributed by atoms with E-state index in [1.807, 2.05) is 42.5 Å². The highest BCUT2D eigenvalue weighted by Crippen LogP contribution is 2.23. The van der Waals surface area contributed by atoms with Gasteiger partial charge in [-0.15, -0.1) is 0 Å². The number of carbonyl (C=O) groups excluding carboxylic acids is 1. The zero-order chi connectivity index (χ0) is 15.1. The number of aliphatic hydroxyl groups excluding tert-OH is 1. The average Bonchev–Trinajstić information content (AvgIpc) is 2.46. The Hall–Kier alpha value is -2.33. The molecule has 0 aliphatic carbocycles. The highest BCUT2D eigenvalue weighted by Gasteiger charge is 2.06. The van der Waals surface area contributed by atoms with E-state index in [-0.39, 0.29) is 5.91 Å². The fraction of sp³-hybridized carbons (Fsp3) is 0.235. The van der Waals surface area contributed by atoms with Gasteiger partial charge in [-0.3, -0.25) is 4.79 Å². The lowest BCUT2D eigenvalue weighted by Gasteiger charge is -2.09. The fourth-order valence-electron chi connectivity index (χ4n) is 1.83. The van der Waals surface area contributed by atoms with Crippen LogP contribution in [0.3, 0.4) is 0 Å². The Morgan fingerprint density at radius 3 is 2.57 bits per heavy atom. The van der Waals surface area contributed by atoms with Crippen molar-refractivity contribution >= 4 is 11.6 Å². The van der Waals surface area contributed by atoms with Crippen LogP contribution in [0.1, 0.15) is 19.8 Å². The molecule has 0 aliphatic heterocycles. The summed E-state index contributed by atoms with van der Waals surface area (Å²) in [5, 5.41) is 12.0. The molecule has 4 nitrogen and oxygen atoms in total. The number of anilines is 1. The van der Waals surface area contributed by atoms with Crippen LogP contribution in [0.4, 0.5) is 5.69 Å². The third kappa shape index (κ3) is 5.28. The number of para-hydroxylation sites is 1. The van der Waals surface area contributed by atoms with Crippen LogP contribution in [-0.4, -0.2) is 17.1 Å². The summed E-state index contributed by atoms with van der Waals surface area (Å²) in [6, 6.07) is 16.7. The van der Waals surface area contributed by atoms with Crippen LogP contribution in [-0.2, 0) is 4.79 Å². The molecule has 0 fully saturated rings. The molecule has 1 amide bonds. The molecule has 2 aromatic rings. The van der Waals surface area contributed by atoms with Crippen molar-refractivity contribution in [2.45, 2.75) is 25.9 Å². The molecule has 1 atom stereocenters. The third-order valence-electron chi connectivity index (χ3n) is 2.89. The Morgan fingerprint density at radius 2 is 1.86 bits per heavy atom. The Balaban J connectivity index is 1.96. The molecular weight excluding hydrogens is 266 g/mol. The van der Waals surface area contributed by atoms with Gasteiger partial charge in [-0.1, -0.05) is 24.3 Å². The number of nitrogens with one attached hydrogen (secondary N) is 1. The van der Waals surface area contributed by atoms with Gasteiger partial charge in [0.25, 0.3) is 0 Å². The Kier molecular flexibility index (Phi) is 5.35. The standard InChI is InChI=1S/C17H19NO3/c1-13(19)10-11-17(20)18-14-6-5-9-16(12-14)21-15-7-3-2-4-8-15/h2-9,12-13,19H,10-11H2,1H3,(H,18,20). The van der Waals surface area contributed by atoms with Gasteiger partial charge < -0.3 is 15.2 Å². The van der Waals surface area contributed by atoms with Crippen molar-refractivity contribution in [3.8, 4) is 11.5 Å². The number of rotatable bonds is 6. The van der Waals surface area contributed by atoms with Crippen molar-refractivity contribution < 1.29 is 14.6 Å². The monoisotopic (exact) mass is 285 g/mol. The van der Waals surface area contributed by atoms with Crippen LogP contribution in [0, 0.1) is 0 Å². The van der Waals surface area contributed by atoms with Crippen molar-refractivity contribution in [1.29, 1.82) is 0 Å². The summed E-state index contributed by atoms with van der Waals surface area (Å²) in [5.41, 5.74) is 0.680. The fourth-order valence-corrected chi connectivity index (χ4v) is 1.83. The van der Waals surface area contributed by atoms with Gasteiger partial charge in [0.15, 0.2) is 0 Å². The van der Waals surface area contributed by atoms with Gasteiger partial charge in [0.05, 0.1) is 6.10 Å². The second-order valence-corrected chi connectivity index (χ2v) is 4.88. The normalized spacial score (nSPS) is 11.7. The first-order valence-electron chi connectivity index (χ1n) is 6.94. The van der Waals surface area contributed by atoms with Crippen LogP contribution in [0.25, 0.3) is 0 Å². The molecule has 2 rings (SSSR count). The van der Waals surface area contributed by atoms with E-state index in [1.165, 1.54) is 0 Å². The molecule has 1 unspecified atom stereocenters. The third-order valence-corrected chi connectivity index (χ3v) is 2.89. The van der Waals surface area contributed by atoms with Crippen LogP contribution >= 0.6 is 0 Å². The molecule has 21 heavy (non-hydrogen) atoms. The number of ether oxygens (including phenoxy) is 1. The highest BCUT2D eigenvalue weighted by molar-refractivity contribution is 5.90. The molecule has 0 radical (unpaired) electrons. The molecule has 0 aromatic heterocycles. The molecule has 0 saturated heterocycles. The minimum atomic E-state index is -0.469. The molecule has 0 bridgehead atoms. The van der Waals surface area contributed by atoms with E-state index in [9.17, 15) is 9.90 Å². The molecule has 2 N–H and O–H groups in total. The van der Waals surface area contributed by atoms with Crippen LogP contribution in [0.2, 0.25) is 0 Å². The summed E-state index contributed by atoms with van der Waals surface area (Å²) in [5.74, 6) is 1.29. The van der Waals surface area contributed by atoms with Crippen molar-refractivity contribution in [3.05, 3.63) is 54.6 Å². The maximum Gasteiger partial charge on any atom is 0.224 e. The minimum absolute atomic E-state index is 0.118. The molecule has 0 aliphatic rings. The first kappa shape index (κ1) is 15.1. The topological polar surface area (TPSA) is 58.6 Å². The number of amides is 1. The number of carbonyl (C=O) groups is 1. The molecule has 2 aromatic carbocycles. The smallest absolute Gasteiger partial charge is 0.224 e. The zero-order valence-electron chi connectivity index (χ0n) is 12.0. The summed E-state index contributed by atoms with van der Waals surface area (Å²) in [6.07, 6.45) is 0.275. The summed E-state index contributed by atoms with van der Waals surface area (Å²) in [6.45, 7) is 1.67. The van der Waals surface area contributed by atoms with Gasteiger partial charge in [0, 0.05) is 18.2 Å². The predicted octanol–water partition coefficient (Wildman–Crippen LogP) is 3.58. The van der Waals surface area contributed by atoms with Crippen LogP contribution < -0.4 is 10.1 Å². The van der Waals surface area contributed by atoms with E-state index in [0.717, 1.165) is 5.75 Å². The lowest BCUT2D eigenvalue weighted by Crippen LogP contribution is -2.13.